The average Bonchev–Trinajstić information content (AvgIpc) is 0.962. The quantitative estimate of drug-likeness (QED) is 0.102. The zero-order chi connectivity index (χ0) is 78.2. The Morgan fingerprint density at radius 3 is 0.746 bits per heavy atom. The van der Waals surface area contributed by atoms with Gasteiger partial charge in [0.15, 0.2) is 0 Å². The molecule has 18 aromatic carbocycles. The van der Waals surface area contributed by atoms with E-state index < -0.39 is 0 Å². The summed E-state index contributed by atoms with van der Waals surface area (Å²) in [5, 5.41) is 6.84. The number of aromatic nitrogens is 6. The zero-order valence-corrected chi connectivity index (χ0v) is 64.4. The largest absolute Gasteiger partial charge is 0.292 e. The molecule has 4 aromatic heterocycles. The molecule has 0 aliphatic rings. The summed E-state index contributed by atoms with van der Waals surface area (Å²) in [6, 6.07) is 160. The highest BCUT2D eigenvalue weighted by Gasteiger charge is 2.22. The number of benzene rings is 18. The molecule has 552 valence electrons. The normalized spacial score (nSPS) is 11.4. The Bertz CT molecular complexity index is 7410. The van der Waals surface area contributed by atoms with Crippen molar-refractivity contribution in [2.75, 3.05) is 0 Å². The molecular formula is C112H74N6. The van der Waals surface area contributed by atoms with E-state index in [2.05, 4.69) is 452 Å². The molecule has 0 radical (unpaired) electrons. The third-order valence-corrected chi connectivity index (χ3v) is 22.9. The summed E-state index contributed by atoms with van der Waals surface area (Å²) in [6.07, 6.45) is 0. The first-order valence-corrected chi connectivity index (χ1v) is 40.1. The molecule has 0 spiro atoms. The minimum Gasteiger partial charge on any atom is -0.292 e. The van der Waals surface area contributed by atoms with Crippen molar-refractivity contribution in [1.82, 2.24) is 29.1 Å². The summed E-state index contributed by atoms with van der Waals surface area (Å²) in [7, 11) is 0. The van der Waals surface area contributed by atoms with Gasteiger partial charge in [0.2, 0.25) is 0 Å². The monoisotopic (exact) mass is 1500 g/mol. The second-order valence-corrected chi connectivity index (χ2v) is 30.0. The predicted octanol–water partition coefficient (Wildman–Crippen LogP) is 29.5. The fraction of sp³-hybridized carbons (Fsp3) is 0. The highest BCUT2D eigenvalue weighted by molar-refractivity contribution is 6.18. The molecule has 0 atom stereocenters. The third kappa shape index (κ3) is 13.3. The average molecular weight is 1500 g/mol. The van der Waals surface area contributed by atoms with Crippen LogP contribution in [0.25, 0.3) is 211 Å². The van der Waals surface area contributed by atoms with Gasteiger partial charge in [-0.1, -0.05) is 376 Å². The van der Waals surface area contributed by atoms with Crippen LogP contribution in [-0.4, -0.2) is 29.1 Å². The molecule has 6 heteroatoms. The number of nitrogens with zero attached hydrogens (tertiary/aromatic N) is 6. The number of rotatable bonds is 14. The summed E-state index contributed by atoms with van der Waals surface area (Å²) in [6.45, 7) is 0. The lowest BCUT2D eigenvalue weighted by Crippen LogP contribution is -1.98. The van der Waals surface area contributed by atoms with E-state index in [0.29, 0.717) is 0 Å². The van der Waals surface area contributed by atoms with Crippen LogP contribution < -0.4 is 0 Å². The summed E-state index contributed by atoms with van der Waals surface area (Å²) in [5.41, 5.74) is 33.1. The molecule has 0 fully saturated rings. The van der Waals surface area contributed by atoms with Crippen molar-refractivity contribution in [2.24, 2.45) is 0 Å². The van der Waals surface area contributed by atoms with Gasteiger partial charge in [-0.05, 0) is 173 Å². The Balaban J connectivity index is 0.000000147. The fourth-order valence-electron chi connectivity index (χ4n) is 16.9. The number of imidazole rings is 2. The molecule has 0 aliphatic heterocycles. The van der Waals surface area contributed by atoms with Crippen LogP contribution >= 0.6 is 0 Å². The molecule has 0 N–H and O–H groups in total. The summed E-state index contributed by atoms with van der Waals surface area (Å²) in [4.78, 5) is 21.2. The standard InChI is InChI=1S/2C56H37N3/c1-4-14-38(15-5-1)40-24-28-42(29-25-40)49-36-51-50(43-30-34-45(35-31-43)56-58-52-22-12-13-23-54(52)59(56)46-18-8-3-9-19-46)37-53(57-55(51)48-21-11-10-20-47(48)49)44-32-26-41(27-33-44)39-16-6-2-7-17-39;1-4-14-38(15-5-1)40-24-28-42(29-25-40)49-36-51-50(43-32-34-46(35-33-43)59-54-23-13-12-22-52(54)58-56(59)45-18-8-3-9-19-45)37-53(57-55(51)48-21-11-10-20-47(48)49)44-30-26-41(27-31-44)39-16-6-2-7-17-39/h2*1-37H. The van der Waals surface area contributed by atoms with Crippen molar-refractivity contribution in [3.8, 4) is 146 Å². The van der Waals surface area contributed by atoms with Crippen LogP contribution in [0.4, 0.5) is 0 Å². The summed E-state index contributed by atoms with van der Waals surface area (Å²) >= 11 is 0. The molecule has 22 rings (SSSR count). The Morgan fingerprint density at radius 1 is 0.153 bits per heavy atom. The lowest BCUT2D eigenvalue weighted by atomic mass is 9.90. The van der Waals surface area contributed by atoms with Crippen LogP contribution in [0.3, 0.4) is 0 Å². The van der Waals surface area contributed by atoms with Crippen molar-refractivity contribution < 1.29 is 0 Å². The first-order chi connectivity index (χ1) is 58.5. The van der Waals surface area contributed by atoms with Gasteiger partial charge in [-0.25, -0.2) is 19.9 Å². The van der Waals surface area contributed by atoms with Crippen LogP contribution in [0.5, 0.6) is 0 Å². The van der Waals surface area contributed by atoms with Crippen LogP contribution in [0, 0.1) is 0 Å². The van der Waals surface area contributed by atoms with Crippen molar-refractivity contribution in [3.05, 3.63) is 449 Å². The van der Waals surface area contributed by atoms with Crippen molar-refractivity contribution in [3.63, 3.8) is 0 Å². The molecule has 22 aromatic rings. The Hall–Kier alpha value is -15.8. The maximum atomic E-state index is 5.48. The fourth-order valence-corrected chi connectivity index (χ4v) is 16.9. The Labute approximate surface area is 684 Å². The minimum atomic E-state index is 0.912. The third-order valence-electron chi connectivity index (χ3n) is 22.9. The number of para-hydroxylation sites is 5. The second-order valence-electron chi connectivity index (χ2n) is 30.0. The van der Waals surface area contributed by atoms with Gasteiger partial charge in [0.05, 0.1) is 44.5 Å². The first-order valence-electron chi connectivity index (χ1n) is 40.1. The Kier molecular flexibility index (Phi) is 18.2. The van der Waals surface area contributed by atoms with Gasteiger partial charge in [-0.15, -0.1) is 0 Å². The van der Waals surface area contributed by atoms with Gasteiger partial charge in [0.25, 0.3) is 0 Å². The maximum Gasteiger partial charge on any atom is 0.145 e. The lowest BCUT2D eigenvalue weighted by Gasteiger charge is -2.17. The van der Waals surface area contributed by atoms with E-state index in [-0.39, 0.29) is 0 Å². The van der Waals surface area contributed by atoms with Crippen LogP contribution in [0.15, 0.2) is 449 Å². The Morgan fingerprint density at radius 2 is 0.390 bits per heavy atom. The molecule has 118 heavy (non-hydrogen) atoms. The molecule has 0 bridgehead atoms. The van der Waals surface area contributed by atoms with E-state index in [1.807, 2.05) is 6.07 Å². The van der Waals surface area contributed by atoms with E-state index in [9.17, 15) is 0 Å². The second kappa shape index (κ2) is 30.6. The van der Waals surface area contributed by atoms with Crippen LogP contribution in [0.1, 0.15) is 0 Å². The van der Waals surface area contributed by atoms with E-state index in [0.717, 1.165) is 134 Å². The van der Waals surface area contributed by atoms with Crippen molar-refractivity contribution in [1.29, 1.82) is 0 Å². The first kappa shape index (κ1) is 70.1. The minimum absolute atomic E-state index is 0.912. The molecule has 0 saturated heterocycles. The smallest absolute Gasteiger partial charge is 0.145 e. The summed E-state index contributed by atoms with van der Waals surface area (Å²) < 4.78 is 4.52. The summed E-state index contributed by atoms with van der Waals surface area (Å²) in [5.74, 6) is 1.83. The molecule has 0 amide bonds. The van der Waals surface area contributed by atoms with Gasteiger partial charge < -0.3 is 0 Å². The van der Waals surface area contributed by atoms with E-state index in [1.165, 1.54) is 77.5 Å². The SMILES string of the molecule is c1ccc(-c2ccc(-c3cc(-c4ccc(-c5nc6ccccc6n5-c5ccccc5)cc4)c4cc(-c5ccc(-c6ccccc6)cc5)c5ccccc5c4n3)cc2)cc1.c1ccc(-c2ccc(-c3cc(-c4ccc(-n5c(-c6ccccc6)nc6ccccc65)cc4)c4cc(-c5ccc(-c6ccccc6)cc5)c5ccccc5c4n3)cc2)cc1. The van der Waals surface area contributed by atoms with E-state index >= 15 is 0 Å². The number of hydrogen-bond acceptors (Lipinski definition) is 4. The highest BCUT2D eigenvalue weighted by atomic mass is 15.1. The number of fused-ring (bicyclic) bond motifs is 8. The molecule has 0 aliphatic carbocycles. The zero-order valence-electron chi connectivity index (χ0n) is 64.4. The van der Waals surface area contributed by atoms with E-state index in [4.69, 9.17) is 19.9 Å². The van der Waals surface area contributed by atoms with Gasteiger partial charge in [-0.3, -0.25) is 9.13 Å². The van der Waals surface area contributed by atoms with Gasteiger partial charge in [0, 0.05) is 55.2 Å². The van der Waals surface area contributed by atoms with E-state index in [1.54, 1.807) is 0 Å². The lowest BCUT2D eigenvalue weighted by molar-refractivity contribution is 1.10. The predicted molar refractivity (Wildman–Crippen MR) is 493 cm³/mol. The molecular weight excluding hydrogens is 1430 g/mol. The molecule has 0 unspecified atom stereocenters. The van der Waals surface area contributed by atoms with Gasteiger partial charge in [-0.2, -0.15) is 0 Å². The van der Waals surface area contributed by atoms with Gasteiger partial charge >= 0.3 is 0 Å². The van der Waals surface area contributed by atoms with Crippen molar-refractivity contribution >= 4 is 65.4 Å². The highest BCUT2D eigenvalue weighted by Crippen LogP contribution is 2.45. The molecule has 0 saturated carbocycles. The van der Waals surface area contributed by atoms with Crippen LogP contribution in [0.2, 0.25) is 0 Å². The van der Waals surface area contributed by atoms with Crippen LogP contribution in [-0.2, 0) is 0 Å². The van der Waals surface area contributed by atoms with Gasteiger partial charge in [0.1, 0.15) is 11.6 Å². The van der Waals surface area contributed by atoms with Crippen molar-refractivity contribution in [2.45, 2.75) is 0 Å². The molecule has 6 nitrogen and oxygen atoms in total. The number of pyridine rings is 2. The molecule has 4 heterocycles. The maximum absolute atomic E-state index is 5.48. The number of hydrogen-bond donors (Lipinski definition) is 0. The topological polar surface area (TPSA) is 61.4 Å².